The molecule has 2 N–H and O–H groups in total. The summed E-state index contributed by atoms with van der Waals surface area (Å²) in [4.78, 5) is 15.6. The average Bonchev–Trinajstić information content (AvgIpc) is 2.40. The Balaban J connectivity index is 2.48. The van der Waals surface area contributed by atoms with Crippen molar-refractivity contribution in [1.82, 2.24) is 10.3 Å². The molecule has 1 aromatic heterocycles. The van der Waals surface area contributed by atoms with Crippen molar-refractivity contribution in [1.29, 1.82) is 0 Å². The number of aliphatic hydroxyl groups excluding tert-OH is 1. The van der Waals surface area contributed by atoms with Crippen LogP contribution in [0, 0.1) is 11.8 Å². The molecule has 0 bridgehead atoms. The highest BCUT2D eigenvalue weighted by atomic mass is 32.2. The molecule has 0 radical (unpaired) electrons. The molecule has 0 spiro atoms. The van der Waals surface area contributed by atoms with E-state index in [9.17, 15) is 13.2 Å². The maximum Gasteiger partial charge on any atom is 0.269 e. The molecule has 0 atom stereocenters. The summed E-state index contributed by atoms with van der Waals surface area (Å²) in [6.07, 6.45) is 2.96. The highest BCUT2D eigenvalue weighted by molar-refractivity contribution is 7.90. The summed E-state index contributed by atoms with van der Waals surface area (Å²) >= 11 is 0. The van der Waals surface area contributed by atoms with Crippen molar-refractivity contribution >= 4 is 15.7 Å². The van der Waals surface area contributed by atoms with Gasteiger partial charge >= 0.3 is 0 Å². The van der Waals surface area contributed by atoms with Crippen LogP contribution in [-0.2, 0) is 9.84 Å². The molecule has 0 aliphatic carbocycles. The molecule has 0 unspecified atom stereocenters. The van der Waals surface area contributed by atoms with Gasteiger partial charge in [0.15, 0.2) is 0 Å². The maximum atomic E-state index is 11.7. The minimum atomic E-state index is -3.00. The van der Waals surface area contributed by atoms with E-state index in [0.29, 0.717) is 12.0 Å². The quantitative estimate of drug-likeness (QED) is 0.569. The third kappa shape index (κ3) is 6.31. The van der Waals surface area contributed by atoms with Gasteiger partial charge in [0.25, 0.3) is 5.91 Å². The fourth-order valence-electron chi connectivity index (χ4n) is 1.37. The lowest BCUT2D eigenvalue weighted by Gasteiger charge is -2.04. The summed E-state index contributed by atoms with van der Waals surface area (Å²) in [6.45, 7) is 0.0439. The Morgan fingerprint density at radius 1 is 1.45 bits per heavy atom. The topological polar surface area (TPSA) is 96.4 Å². The third-order valence-corrected chi connectivity index (χ3v) is 3.32. The molecule has 1 amide bonds. The van der Waals surface area contributed by atoms with Gasteiger partial charge < -0.3 is 10.4 Å². The molecule has 7 heteroatoms. The number of hydrogen-bond acceptors (Lipinski definition) is 5. The first-order valence-electron chi connectivity index (χ1n) is 5.94. The number of hydrogen-bond donors (Lipinski definition) is 2. The van der Waals surface area contributed by atoms with Crippen LogP contribution in [0.5, 0.6) is 0 Å². The minimum absolute atomic E-state index is 0.0381. The van der Waals surface area contributed by atoms with Gasteiger partial charge in [-0.2, -0.15) is 0 Å². The second kappa shape index (κ2) is 7.62. The van der Waals surface area contributed by atoms with E-state index in [2.05, 4.69) is 22.1 Å². The van der Waals surface area contributed by atoms with Crippen LogP contribution in [0.3, 0.4) is 0 Å². The van der Waals surface area contributed by atoms with Gasteiger partial charge in [0.05, 0.1) is 5.75 Å². The number of sulfone groups is 1. The highest BCUT2D eigenvalue weighted by Crippen LogP contribution is 1.99. The zero-order valence-corrected chi connectivity index (χ0v) is 11.9. The lowest BCUT2D eigenvalue weighted by molar-refractivity contribution is 0.0948. The molecule has 6 nitrogen and oxygen atoms in total. The van der Waals surface area contributed by atoms with E-state index >= 15 is 0 Å². The first-order valence-corrected chi connectivity index (χ1v) is 8.00. The highest BCUT2D eigenvalue weighted by Gasteiger charge is 2.07. The van der Waals surface area contributed by atoms with Crippen LogP contribution in [0.2, 0.25) is 0 Å². The molecule has 0 aliphatic rings. The van der Waals surface area contributed by atoms with Gasteiger partial charge in [-0.05, 0) is 18.6 Å². The van der Waals surface area contributed by atoms with Gasteiger partial charge in [0, 0.05) is 24.6 Å². The SMILES string of the molecule is CS(=O)(=O)CCCNC(=O)c1ccc(C#CCO)cn1. The number of nitrogens with zero attached hydrogens (tertiary/aromatic N) is 1. The smallest absolute Gasteiger partial charge is 0.269 e. The van der Waals surface area contributed by atoms with Gasteiger partial charge in [-0.25, -0.2) is 13.4 Å². The number of rotatable bonds is 5. The summed E-state index contributed by atoms with van der Waals surface area (Å²) in [5.41, 5.74) is 0.839. The molecule has 0 fully saturated rings. The number of amides is 1. The zero-order valence-electron chi connectivity index (χ0n) is 11.1. The molecular weight excluding hydrogens is 280 g/mol. The fourth-order valence-corrected chi connectivity index (χ4v) is 2.04. The van der Waals surface area contributed by atoms with E-state index < -0.39 is 9.84 Å². The van der Waals surface area contributed by atoms with Crippen molar-refractivity contribution in [2.45, 2.75) is 6.42 Å². The fraction of sp³-hybridized carbons (Fsp3) is 0.385. The van der Waals surface area contributed by atoms with Gasteiger partial charge in [-0.3, -0.25) is 4.79 Å². The molecule has 0 aromatic carbocycles. The Hall–Kier alpha value is -1.91. The van der Waals surface area contributed by atoms with Crippen LogP contribution in [-0.4, -0.2) is 49.6 Å². The second-order valence-corrected chi connectivity index (χ2v) is 6.39. The summed E-state index contributed by atoms with van der Waals surface area (Å²) < 4.78 is 21.8. The second-order valence-electron chi connectivity index (χ2n) is 4.13. The molecule has 1 rings (SSSR count). The molecule has 1 heterocycles. The van der Waals surface area contributed by atoms with Gasteiger partial charge in [-0.1, -0.05) is 11.8 Å². The van der Waals surface area contributed by atoms with Gasteiger partial charge in [0.2, 0.25) is 0 Å². The van der Waals surface area contributed by atoms with E-state index in [-0.39, 0.29) is 30.5 Å². The minimum Gasteiger partial charge on any atom is -0.384 e. The lowest BCUT2D eigenvalue weighted by atomic mass is 10.2. The Kier molecular flexibility index (Phi) is 6.15. The Morgan fingerprint density at radius 2 is 2.20 bits per heavy atom. The molecule has 0 saturated carbocycles. The summed E-state index contributed by atoms with van der Waals surface area (Å²) in [5.74, 6) is 4.82. The average molecular weight is 296 g/mol. The molecular formula is C13H16N2O4S. The standard InChI is InChI=1S/C13H16N2O4S/c1-20(18,19)9-3-7-14-13(17)12-6-5-11(10-15-12)4-2-8-16/h5-6,10,16H,3,7-9H2,1H3,(H,14,17). The molecule has 20 heavy (non-hydrogen) atoms. The normalized spacial score (nSPS) is 10.5. The number of carbonyl (C=O) groups is 1. The Morgan fingerprint density at radius 3 is 2.75 bits per heavy atom. The molecule has 0 aliphatic heterocycles. The first-order chi connectivity index (χ1) is 9.42. The van der Waals surface area contributed by atoms with Crippen LogP contribution >= 0.6 is 0 Å². The molecule has 1 aromatic rings. The van der Waals surface area contributed by atoms with E-state index in [4.69, 9.17) is 5.11 Å². The molecule has 108 valence electrons. The number of nitrogens with one attached hydrogen (secondary N) is 1. The van der Waals surface area contributed by atoms with Crippen LogP contribution < -0.4 is 5.32 Å². The van der Waals surface area contributed by atoms with Crippen molar-refractivity contribution in [2.75, 3.05) is 25.2 Å². The summed E-state index contributed by atoms with van der Waals surface area (Å²) in [6, 6.07) is 3.15. The van der Waals surface area contributed by atoms with Crippen molar-refractivity contribution in [3.05, 3.63) is 29.6 Å². The number of pyridine rings is 1. The number of aliphatic hydroxyl groups is 1. The molecule has 0 saturated heterocycles. The maximum absolute atomic E-state index is 11.7. The van der Waals surface area contributed by atoms with E-state index in [1.165, 1.54) is 12.3 Å². The van der Waals surface area contributed by atoms with Crippen molar-refractivity contribution in [2.24, 2.45) is 0 Å². The first kappa shape index (κ1) is 16.1. The largest absolute Gasteiger partial charge is 0.384 e. The van der Waals surface area contributed by atoms with Crippen LogP contribution in [0.1, 0.15) is 22.5 Å². The number of carbonyl (C=O) groups excluding carboxylic acids is 1. The van der Waals surface area contributed by atoms with Crippen LogP contribution in [0.15, 0.2) is 18.3 Å². The van der Waals surface area contributed by atoms with Crippen LogP contribution in [0.25, 0.3) is 0 Å². The zero-order chi connectivity index (χ0) is 15.0. The van der Waals surface area contributed by atoms with Crippen molar-refractivity contribution < 1.29 is 18.3 Å². The van der Waals surface area contributed by atoms with Crippen molar-refractivity contribution in [3.63, 3.8) is 0 Å². The predicted octanol–water partition coefficient (Wildman–Crippen LogP) is -0.410. The monoisotopic (exact) mass is 296 g/mol. The third-order valence-electron chi connectivity index (χ3n) is 2.29. The van der Waals surface area contributed by atoms with Gasteiger partial charge in [-0.15, -0.1) is 0 Å². The number of aromatic nitrogens is 1. The van der Waals surface area contributed by atoms with E-state index in [0.717, 1.165) is 6.26 Å². The lowest BCUT2D eigenvalue weighted by Crippen LogP contribution is -2.26. The summed E-state index contributed by atoms with van der Waals surface area (Å²) in [7, 11) is -3.00. The Labute approximate surface area is 118 Å². The van der Waals surface area contributed by atoms with Gasteiger partial charge in [0.1, 0.15) is 22.1 Å². The van der Waals surface area contributed by atoms with E-state index in [1.54, 1.807) is 6.07 Å². The summed E-state index contributed by atoms with van der Waals surface area (Å²) in [5, 5.41) is 11.1. The van der Waals surface area contributed by atoms with E-state index in [1.807, 2.05) is 0 Å². The Bertz CT molecular complexity index is 612. The van der Waals surface area contributed by atoms with Crippen LogP contribution in [0.4, 0.5) is 0 Å². The van der Waals surface area contributed by atoms with Crippen molar-refractivity contribution in [3.8, 4) is 11.8 Å². The predicted molar refractivity (Wildman–Crippen MR) is 74.9 cm³/mol.